The van der Waals surface area contributed by atoms with Gasteiger partial charge < -0.3 is 10.2 Å². The van der Waals surface area contributed by atoms with Crippen LogP contribution in [0.2, 0.25) is 0 Å². The van der Waals surface area contributed by atoms with E-state index in [1.54, 1.807) is 0 Å². The number of hydrogen-bond acceptors (Lipinski definition) is 4. The van der Waals surface area contributed by atoms with E-state index < -0.39 is 0 Å². The second-order valence-electron chi connectivity index (χ2n) is 7.67. The highest BCUT2D eigenvalue weighted by atomic mass is 16.1. The normalized spacial score (nSPS) is 15.4. The van der Waals surface area contributed by atoms with E-state index in [1.165, 1.54) is 12.8 Å². The molecule has 1 fully saturated rings. The summed E-state index contributed by atoms with van der Waals surface area (Å²) < 4.78 is 0. The number of rotatable bonds is 8. The van der Waals surface area contributed by atoms with Crippen molar-refractivity contribution in [3.63, 3.8) is 0 Å². The molecule has 150 valence electrons. The predicted octanol–water partition coefficient (Wildman–Crippen LogP) is 3.71. The summed E-state index contributed by atoms with van der Waals surface area (Å²) in [6, 6.07) is 14.2. The molecule has 0 radical (unpaired) electrons. The Hall–Kier alpha value is -2.40. The van der Waals surface area contributed by atoms with Crippen molar-refractivity contribution in [3.05, 3.63) is 59.9 Å². The number of carbonyl (C=O) groups is 1. The van der Waals surface area contributed by atoms with Crippen molar-refractivity contribution in [2.75, 3.05) is 31.6 Å². The summed E-state index contributed by atoms with van der Waals surface area (Å²) in [5.74, 6) is 0.0333. The molecule has 0 bridgehead atoms. The third-order valence-electron chi connectivity index (χ3n) is 5.45. The Morgan fingerprint density at radius 3 is 2.57 bits per heavy atom. The molecular formula is C23H32N4O. The SMILES string of the molecule is CCCCN(C)c1ccc(C(=O)NC2CCN(Cc3ccccn3)CC2)cc1. The van der Waals surface area contributed by atoms with Gasteiger partial charge in [0.1, 0.15) is 0 Å². The summed E-state index contributed by atoms with van der Waals surface area (Å²) in [5.41, 5.74) is 3.00. The third kappa shape index (κ3) is 5.80. The van der Waals surface area contributed by atoms with Gasteiger partial charge in [0, 0.05) is 56.7 Å². The summed E-state index contributed by atoms with van der Waals surface area (Å²) in [7, 11) is 2.10. The monoisotopic (exact) mass is 380 g/mol. The molecule has 0 saturated carbocycles. The average Bonchev–Trinajstić information content (AvgIpc) is 2.74. The number of anilines is 1. The van der Waals surface area contributed by atoms with E-state index in [4.69, 9.17) is 0 Å². The average molecular weight is 381 g/mol. The van der Waals surface area contributed by atoms with E-state index >= 15 is 0 Å². The Morgan fingerprint density at radius 2 is 1.93 bits per heavy atom. The van der Waals surface area contributed by atoms with Crippen LogP contribution in [0, 0.1) is 0 Å². The first-order valence-corrected chi connectivity index (χ1v) is 10.4. The molecule has 1 amide bonds. The number of amides is 1. The van der Waals surface area contributed by atoms with E-state index in [1.807, 2.05) is 42.6 Å². The van der Waals surface area contributed by atoms with Gasteiger partial charge in [-0.15, -0.1) is 0 Å². The summed E-state index contributed by atoms with van der Waals surface area (Å²) in [5, 5.41) is 3.21. The molecule has 5 nitrogen and oxygen atoms in total. The van der Waals surface area contributed by atoms with Gasteiger partial charge in [0.15, 0.2) is 0 Å². The summed E-state index contributed by atoms with van der Waals surface area (Å²) >= 11 is 0. The molecule has 1 aliphatic rings. The number of nitrogens with one attached hydrogen (secondary N) is 1. The van der Waals surface area contributed by atoms with Gasteiger partial charge in [0.25, 0.3) is 5.91 Å². The highest BCUT2D eigenvalue weighted by molar-refractivity contribution is 5.94. The zero-order chi connectivity index (χ0) is 19.8. The molecule has 2 aromatic rings. The maximum absolute atomic E-state index is 12.6. The highest BCUT2D eigenvalue weighted by Crippen LogP contribution is 2.16. The predicted molar refractivity (Wildman–Crippen MR) is 115 cm³/mol. The number of piperidine rings is 1. The first-order valence-electron chi connectivity index (χ1n) is 10.4. The molecule has 3 rings (SSSR count). The van der Waals surface area contributed by atoms with Crippen LogP contribution in [0.1, 0.15) is 48.7 Å². The van der Waals surface area contributed by atoms with Crippen LogP contribution in [-0.2, 0) is 6.54 Å². The fourth-order valence-electron chi connectivity index (χ4n) is 3.62. The van der Waals surface area contributed by atoms with Gasteiger partial charge in [-0.3, -0.25) is 14.7 Å². The minimum Gasteiger partial charge on any atom is -0.375 e. The minimum atomic E-state index is 0.0333. The van der Waals surface area contributed by atoms with Gasteiger partial charge in [0.2, 0.25) is 0 Å². The van der Waals surface area contributed by atoms with Gasteiger partial charge >= 0.3 is 0 Å². The number of aromatic nitrogens is 1. The largest absolute Gasteiger partial charge is 0.375 e. The van der Waals surface area contributed by atoms with Crippen LogP contribution in [0.25, 0.3) is 0 Å². The van der Waals surface area contributed by atoms with Crippen LogP contribution in [0.5, 0.6) is 0 Å². The molecule has 1 N–H and O–H groups in total. The molecule has 0 aliphatic carbocycles. The Kier molecular flexibility index (Phi) is 7.43. The summed E-state index contributed by atoms with van der Waals surface area (Å²) in [4.78, 5) is 21.6. The molecule has 0 unspecified atom stereocenters. The van der Waals surface area contributed by atoms with Crippen molar-refractivity contribution < 1.29 is 4.79 Å². The van der Waals surface area contributed by atoms with E-state index in [0.717, 1.165) is 56.0 Å². The van der Waals surface area contributed by atoms with Crippen molar-refractivity contribution in [3.8, 4) is 0 Å². The van der Waals surface area contributed by atoms with E-state index in [0.29, 0.717) is 0 Å². The Labute approximate surface area is 168 Å². The van der Waals surface area contributed by atoms with Crippen LogP contribution in [0.4, 0.5) is 5.69 Å². The topological polar surface area (TPSA) is 48.5 Å². The Balaban J connectivity index is 1.45. The number of pyridine rings is 1. The lowest BCUT2D eigenvalue weighted by Gasteiger charge is -2.32. The fraction of sp³-hybridized carbons (Fsp3) is 0.478. The van der Waals surface area contributed by atoms with Crippen LogP contribution < -0.4 is 10.2 Å². The molecule has 1 aromatic heterocycles. The van der Waals surface area contributed by atoms with Gasteiger partial charge in [-0.25, -0.2) is 0 Å². The molecular weight excluding hydrogens is 348 g/mol. The molecule has 1 aliphatic heterocycles. The second-order valence-corrected chi connectivity index (χ2v) is 7.67. The van der Waals surface area contributed by atoms with Crippen molar-refractivity contribution in [2.45, 2.75) is 45.2 Å². The maximum Gasteiger partial charge on any atom is 0.251 e. The number of carbonyl (C=O) groups excluding carboxylic acids is 1. The van der Waals surface area contributed by atoms with Crippen molar-refractivity contribution >= 4 is 11.6 Å². The van der Waals surface area contributed by atoms with E-state index in [9.17, 15) is 4.79 Å². The summed E-state index contributed by atoms with van der Waals surface area (Å²) in [6.45, 7) is 6.10. The second kappa shape index (κ2) is 10.2. The molecule has 0 spiro atoms. The number of hydrogen-bond donors (Lipinski definition) is 1. The van der Waals surface area contributed by atoms with Gasteiger partial charge in [-0.1, -0.05) is 19.4 Å². The van der Waals surface area contributed by atoms with Crippen molar-refractivity contribution in [1.29, 1.82) is 0 Å². The number of nitrogens with zero attached hydrogens (tertiary/aromatic N) is 3. The number of benzene rings is 1. The lowest BCUT2D eigenvalue weighted by Crippen LogP contribution is -2.44. The first kappa shape index (κ1) is 20.3. The van der Waals surface area contributed by atoms with Gasteiger partial charge in [-0.2, -0.15) is 0 Å². The maximum atomic E-state index is 12.6. The number of unbranched alkanes of at least 4 members (excludes halogenated alkanes) is 1. The van der Waals surface area contributed by atoms with Gasteiger partial charge in [-0.05, 0) is 55.7 Å². The fourth-order valence-corrected chi connectivity index (χ4v) is 3.62. The highest BCUT2D eigenvalue weighted by Gasteiger charge is 2.21. The van der Waals surface area contributed by atoms with Gasteiger partial charge in [0.05, 0.1) is 5.69 Å². The summed E-state index contributed by atoms with van der Waals surface area (Å²) in [6.07, 6.45) is 6.17. The quantitative estimate of drug-likeness (QED) is 0.758. The zero-order valence-electron chi connectivity index (χ0n) is 17.1. The van der Waals surface area contributed by atoms with E-state index in [2.05, 4.69) is 40.1 Å². The van der Waals surface area contributed by atoms with Crippen LogP contribution >= 0.6 is 0 Å². The first-order chi connectivity index (χ1) is 13.7. The lowest BCUT2D eigenvalue weighted by molar-refractivity contribution is 0.0908. The number of likely N-dealkylation sites (tertiary alicyclic amines) is 1. The molecule has 28 heavy (non-hydrogen) atoms. The smallest absolute Gasteiger partial charge is 0.251 e. The minimum absolute atomic E-state index is 0.0333. The Bertz CT molecular complexity index is 724. The van der Waals surface area contributed by atoms with Crippen LogP contribution in [-0.4, -0.2) is 48.5 Å². The standard InChI is InChI=1S/C23H32N4O/c1-3-4-15-26(2)22-10-8-19(9-11-22)23(28)25-20-12-16-27(17-13-20)18-21-7-5-6-14-24-21/h5-11,14,20H,3-4,12-13,15-18H2,1-2H3,(H,25,28). The third-order valence-corrected chi connectivity index (χ3v) is 5.45. The van der Waals surface area contributed by atoms with Crippen molar-refractivity contribution in [2.24, 2.45) is 0 Å². The lowest BCUT2D eigenvalue weighted by atomic mass is 10.0. The van der Waals surface area contributed by atoms with Crippen molar-refractivity contribution in [1.82, 2.24) is 15.2 Å². The zero-order valence-corrected chi connectivity index (χ0v) is 17.1. The molecule has 0 atom stereocenters. The van der Waals surface area contributed by atoms with Crippen LogP contribution in [0.3, 0.4) is 0 Å². The molecule has 1 saturated heterocycles. The van der Waals surface area contributed by atoms with Crippen LogP contribution in [0.15, 0.2) is 48.7 Å². The molecule has 5 heteroatoms. The van der Waals surface area contributed by atoms with E-state index in [-0.39, 0.29) is 11.9 Å². The molecule has 2 heterocycles. The molecule has 1 aromatic carbocycles. The Morgan fingerprint density at radius 1 is 1.18 bits per heavy atom.